The number of nitrogens with two attached hydrogens (primary N) is 2. The van der Waals surface area contributed by atoms with E-state index in [4.69, 9.17) is 16.3 Å². The molecule has 4 N–H and O–H groups in total. The molecule has 31 heavy (non-hydrogen) atoms. The van der Waals surface area contributed by atoms with Crippen LogP contribution in [0.2, 0.25) is 0 Å². The van der Waals surface area contributed by atoms with Gasteiger partial charge >= 0.3 is 6.18 Å². The van der Waals surface area contributed by atoms with Crippen molar-refractivity contribution in [2.75, 3.05) is 12.1 Å². The van der Waals surface area contributed by atoms with Gasteiger partial charge < -0.3 is 10.5 Å². The van der Waals surface area contributed by atoms with Gasteiger partial charge in [0.05, 0.1) is 35.4 Å². The van der Waals surface area contributed by atoms with Crippen molar-refractivity contribution in [3.8, 4) is 23.3 Å². The van der Waals surface area contributed by atoms with E-state index in [0.29, 0.717) is 29.2 Å². The van der Waals surface area contributed by atoms with Gasteiger partial charge in [-0.05, 0) is 36.1 Å². The normalized spacial score (nSPS) is 14.4. The second kappa shape index (κ2) is 7.70. The van der Waals surface area contributed by atoms with Crippen molar-refractivity contribution in [1.29, 1.82) is 0 Å². The fourth-order valence-corrected chi connectivity index (χ4v) is 3.19. The van der Waals surface area contributed by atoms with Gasteiger partial charge in [0.2, 0.25) is 0 Å². The molecule has 10 heteroatoms. The van der Waals surface area contributed by atoms with E-state index in [0.717, 1.165) is 23.6 Å². The summed E-state index contributed by atoms with van der Waals surface area (Å²) in [6.45, 7) is 0. The summed E-state index contributed by atoms with van der Waals surface area (Å²) in [4.78, 5) is 8.14. The topological polar surface area (TPSA) is 95.2 Å². The SMILES string of the molecule is COc1ccc2c(c1)N(N)/C(=C\N)Cc1c(C#Cc3ccc(C(F)(F)F)cn3)ncn1-2. The summed E-state index contributed by atoms with van der Waals surface area (Å²) < 4.78 is 45.2. The van der Waals surface area contributed by atoms with Gasteiger partial charge in [-0.2, -0.15) is 13.2 Å². The number of imidazole rings is 1. The summed E-state index contributed by atoms with van der Waals surface area (Å²) in [5.41, 5.74) is 8.37. The molecule has 0 saturated carbocycles. The maximum atomic E-state index is 12.7. The fourth-order valence-electron chi connectivity index (χ4n) is 3.19. The number of aromatic nitrogens is 3. The van der Waals surface area contributed by atoms with Crippen LogP contribution in [-0.4, -0.2) is 21.6 Å². The molecule has 1 aliphatic rings. The van der Waals surface area contributed by atoms with E-state index >= 15 is 0 Å². The van der Waals surface area contributed by atoms with Gasteiger partial charge in [0.1, 0.15) is 23.5 Å². The van der Waals surface area contributed by atoms with E-state index in [1.165, 1.54) is 17.3 Å². The molecule has 3 aromatic rings. The van der Waals surface area contributed by atoms with Crippen molar-refractivity contribution in [3.63, 3.8) is 0 Å². The lowest BCUT2D eigenvalue weighted by Gasteiger charge is -2.21. The van der Waals surface area contributed by atoms with E-state index in [2.05, 4.69) is 21.8 Å². The van der Waals surface area contributed by atoms with Gasteiger partial charge in [0.25, 0.3) is 0 Å². The first-order valence-electron chi connectivity index (χ1n) is 9.07. The average Bonchev–Trinajstić information content (AvgIpc) is 3.11. The molecule has 0 aliphatic carbocycles. The molecule has 1 aromatic carbocycles. The van der Waals surface area contributed by atoms with Crippen LogP contribution in [0, 0.1) is 11.8 Å². The average molecular weight is 426 g/mol. The lowest BCUT2D eigenvalue weighted by molar-refractivity contribution is -0.137. The first-order chi connectivity index (χ1) is 14.8. The highest BCUT2D eigenvalue weighted by atomic mass is 19.4. The molecule has 0 fully saturated rings. The minimum absolute atomic E-state index is 0.198. The molecule has 0 unspecified atom stereocenters. The number of hydrazine groups is 1. The maximum Gasteiger partial charge on any atom is 0.417 e. The van der Waals surface area contributed by atoms with Crippen molar-refractivity contribution < 1.29 is 17.9 Å². The molecule has 0 atom stereocenters. The number of benzene rings is 1. The zero-order valence-corrected chi connectivity index (χ0v) is 16.3. The minimum atomic E-state index is -4.45. The highest BCUT2D eigenvalue weighted by Crippen LogP contribution is 2.35. The van der Waals surface area contributed by atoms with Gasteiger partial charge in [-0.3, -0.25) is 9.58 Å². The number of nitrogens with zero attached hydrogens (tertiary/aromatic N) is 4. The number of hydrogen-bond acceptors (Lipinski definition) is 6. The second-order valence-electron chi connectivity index (χ2n) is 6.65. The first-order valence-corrected chi connectivity index (χ1v) is 9.07. The van der Waals surface area contributed by atoms with Crippen molar-refractivity contribution in [2.24, 2.45) is 11.6 Å². The molecule has 0 radical (unpaired) electrons. The summed E-state index contributed by atoms with van der Waals surface area (Å²) in [5, 5.41) is 1.47. The highest BCUT2D eigenvalue weighted by molar-refractivity contribution is 5.70. The van der Waals surface area contributed by atoms with Gasteiger partial charge in [-0.25, -0.2) is 15.8 Å². The molecule has 0 bridgehead atoms. The second-order valence-corrected chi connectivity index (χ2v) is 6.65. The van der Waals surface area contributed by atoms with E-state index in [-0.39, 0.29) is 5.69 Å². The predicted octanol–water partition coefficient (Wildman–Crippen LogP) is 2.73. The Morgan fingerprint density at radius 3 is 2.58 bits per heavy atom. The third kappa shape index (κ3) is 3.78. The number of anilines is 1. The van der Waals surface area contributed by atoms with Crippen LogP contribution in [0.15, 0.2) is 54.8 Å². The number of methoxy groups -OCH3 is 1. The van der Waals surface area contributed by atoms with E-state index in [1.54, 1.807) is 25.6 Å². The molecule has 158 valence electrons. The van der Waals surface area contributed by atoms with Crippen molar-refractivity contribution >= 4 is 5.69 Å². The Hall–Kier alpha value is -3.97. The summed E-state index contributed by atoms with van der Waals surface area (Å²) in [7, 11) is 1.56. The Labute approximate surface area is 175 Å². The van der Waals surface area contributed by atoms with Crippen LogP contribution in [0.4, 0.5) is 18.9 Å². The molecule has 0 saturated heterocycles. The zero-order chi connectivity index (χ0) is 22.2. The van der Waals surface area contributed by atoms with Gasteiger partial charge in [0, 0.05) is 24.9 Å². The van der Waals surface area contributed by atoms with Crippen molar-refractivity contribution in [3.05, 3.63) is 77.4 Å². The number of pyridine rings is 1. The molecular weight excluding hydrogens is 409 g/mol. The number of allylic oxidation sites excluding steroid dienone is 1. The Balaban J connectivity index is 1.76. The van der Waals surface area contributed by atoms with Gasteiger partial charge in [0.15, 0.2) is 0 Å². The molecule has 7 nitrogen and oxygen atoms in total. The van der Waals surface area contributed by atoms with Gasteiger partial charge in [-0.1, -0.05) is 0 Å². The maximum absolute atomic E-state index is 12.7. The predicted molar refractivity (Wildman–Crippen MR) is 108 cm³/mol. The van der Waals surface area contributed by atoms with Crippen LogP contribution < -0.4 is 21.3 Å². The molecule has 4 rings (SSSR count). The van der Waals surface area contributed by atoms with Crippen LogP contribution in [-0.2, 0) is 12.6 Å². The van der Waals surface area contributed by atoms with E-state index in [9.17, 15) is 13.2 Å². The van der Waals surface area contributed by atoms with Crippen LogP contribution in [0.1, 0.15) is 22.6 Å². The molecule has 2 aromatic heterocycles. The molecule has 1 aliphatic heterocycles. The Morgan fingerprint density at radius 1 is 1.13 bits per heavy atom. The number of rotatable bonds is 1. The summed E-state index contributed by atoms with van der Waals surface area (Å²) in [5.74, 6) is 12.6. The highest BCUT2D eigenvalue weighted by Gasteiger charge is 2.30. The van der Waals surface area contributed by atoms with Crippen LogP contribution in [0.3, 0.4) is 0 Å². The summed E-state index contributed by atoms with van der Waals surface area (Å²) in [6.07, 6.45) is -0.342. The molecule has 0 spiro atoms. The van der Waals surface area contributed by atoms with Crippen molar-refractivity contribution in [2.45, 2.75) is 12.6 Å². The third-order valence-electron chi connectivity index (χ3n) is 4.82. The Morgan fingerprint density at radius 2 is 1.94 bits per heavy atom. The minimum Gasteiger partial charge on any atom is -0.497 e. The van der Waals surface area contributed by atoms with E-state index in [1.807, 2.05) is 10.6 Å². The molecule has 3 heterocycles. The van der Waals surface area contributed by atoms with Crippen LogP contribution >= 0.6 is 0 Å². The third-order valence-corrected chi connectivity index (χ3v) is 4.82. The summed E-state index contributed by atoms with van der Waals surface area (Å²) in [6, 6.07) is 7.58. The largest absolute Gasteiger partial charge is 0.497 e. The lowest BCUT2D eigenvalue weighted by Crippen LogP contribution is -2.31. The number of halogens is 3. The zero-order valence-electron chi connectivity index (χ0n) is 16.3. The number of alkyl halides is 3. The van der Waals surface area contributed by atoms with Crippen LogP contribution in [0.25, 0.3) is 5.69 Å². The molecule has 0 amide bonds. The number of fused-ring (bicyclic) bond motifs is 3. The Kier molecular flexibility index (Phi) is 5.04. The van der Waals surface area contributed by atoms with Crippen LogP contribution in [0.5, 0.6) is 5.75 Å². The standard InChI is InChI=1S/C21H17F3N6O/c1-31-16-5-7-18-20(9-16)30(26)15(10-25)8-19-17(28-12-29(18)19)6-4-14-3-2-13(11-27-14)21(22,23)24/h2-3,5,7,9-12H,8,25-26H2,1H3/b15-10-. The summed E-state index contributed by atoms with van der Waals surface area (Å²) >= 11 is 0. The fraction of sp³-hybridized carbons (Fsp3) is 0.143. The van der Waals surface area contributed by atoms with E-state index < -0.39 is 11.7 Å². The lowest BCUT2D eigenvalue weighted by atomic mass is 10.2. The first kappa shape index (κ1) is 20.3. The van der Waals surface area contributed by atoms with Crippen molar-refractivity contribution in [1.82, 2.24) is 14.5 Å². The number of ether oxygens (including phenoxy) is 1. The smallest absolute Gasteiger partial charge is 0.417 e. The molecular formula is C21H17F3N6O. The quantitative estimate of drug-likeness (QED) is 0.459. The number of hydrogen-bond donors (Lipinski definition) is 2. The Bertz CT molecular complexity index is 1220. The monoisotopic (exact) mass is 426 g/mol. The van der Waals surface area contributed by atoms with Gasteiger partial charge in [-0.15, -0.1) is 0 Å².